The number of imidazole rings is 1. The van der Waals surface area contributed by atoms with Crippen LogP contribution in [0.1, 0.15) is 37.3 Å². The molecule has 0 saturated carbocycles. The lowest BCUT2D eigenvalue weighted by molar-refractivity contribution is -0.132. The van der Waals surface area contributed by atoms with Crippen LogP contribution in [-0.2, 0) is 11.2 Å². The zero-order valence-corrected chi connectivity index (χ0v) is 17.7. The number of carbonyl (C=O) groups is 1. The van der Waals surface area contributed by atoms with Crippen LogP contribution >= 0.6 is 0 Å². The Bertz CT molecular complexity index is 1090. The van der Waals surface area contributed by atoms with Crippen LogP contribution in [0.3, 0.4) is 0 Å². The molecule has 0 bridgehead atoms. The van der Waals surface area contributed by atoms with Crippen molar-refractivity contribution >= 4 is 16.9 Å². The molecule has 0 unspecified atom stereocenters. The number of carbonyl (C=O) groups excluding carboxylic acids is 1. The first-order valence-electron chi connectivity index (χ1n) is 11.3. The fraction of sp³-hybridized carbons (Fsp3) is 0.458. The maximum absolute atomic E-state index is 12.6. The van der Waals surface area contributed by atoms with E-state index < -0.39 is 0 Å². The highest BCUT2D eigenvalue weighted by Gasteiger charge is 2.30. The number of benzene rings is 1. The first kappa shape index (κ1) is 20.0. The van der Waals surface area contributed by atoms with Crippen molar-refractivity contribution in [2.24, 2.45) is 0 Å². The molecule has 2 aliphatic heterocycles. The van der Waals surface area contributed by atoms with Crippen LogP contribution in [0.15, 0.2) is 53.6 Å². The van der Waals surface area contributed by atoms with Crippen LogP contribution in [0.4, 0.5) is 0 Å². The van der Waals surface area contributed by atoms with Gasteiger partial charge in [0.1, 0.15) is 0 Å². The van der Waals surface area contributed by atoms with Crippen molar-refractivity contribution in [2.45, 2.75) is 44.2 Å². The molecule has 3 aromatic rings. The van der Waals surface area contributed by atoms with E-state index in [0.29, 0.717) is 12.5 Å². The number of para-hydroxylation sites is 2. The molecule has 31 heavy (non-hydrogen) atoms. The van der Waals surface area contributed by atoms with Crippen molar-refractivity contribution in [1.82, 2.24) is 24.3 Å². The predicted molar refractivity (Wildman–Crippen MR) is 120 cm³/mol. The van der Waals surface area contributed by atoms with E-state index in [4.69, 9.17) is 0 Å². The summed E-state index contributed by atoms with van der Waals surface area (Å²) in [5.74, 6) is 0.210. The van der Waals surface area contributed by atoms with E-state index in [1.165, 1.54) is 0 Å². The van der Waals surface area contributed by atoms with Crippen molar-refractivity contribution in [2.75, 3.05) is 26.2 Å². The lowest BCUT2D eigenvalue weighted by Gasteiger charge is -2.42. The van der Waals surface area contributed by atoms with Gasteiger partial charge in [0.15, 0.2) is 0 Å². The molecule has 2 aromatic heterocycles. The van der Waals surface area contributed by atoms with Gasteiger partial charge in [-0.25, -0.2) is 4.79 Å². The molecule has 1 amide bonds. The summed E-state index contributed by atoms with van der Waals surface area (Å²) < 4.78 is 1.95. The second-order valence-electron chi connectivity index (χ2n) is 8.73. The molecule has 5 rings (SSSR count). The van der Waals surface area contributed by atoms with Gasteiger partial charge in [-0.05, 0) is 55.5 Å². The SMILES string of the molecule is O=C(Cc1ccncc1)N1CCC(N2CCC(n3c(=O)[nH]c4ccccc43)CC2)CC1. The summed E-state index contributed by atoms with van der Waals surface area (Å²) in [6, 6.07) is 12.5. The van der Waals surface area contributed by atoms with E-state index in [1.807, 2.05) is 45.9 Å². The van der Waals surface area contributed by atoms with Crippen molar-refractivity contribution in [3.63, 3.8) is 0 Å². The summed E-state index contributed by atoms with van der Waals surface area (Å²) in [5, 5.41) is 0. The van der Waals surface area contributed by atoms with E-state index in [-0.39, 0.29) is 17.6 Å². The average Bonchev–Trinajstić information content (AvgIpc) is 3.15. The molecule has 0 spiro atoms. The van der Waals surface area contributed by atoms with Gasteiger partial charge < -0.3 is 14.8 Å². The molecule has 2 fully saturated rings. The number of piperidine rings is 2. The van der Waals surface area contributed by atoms with Gasteiger partial charge in [-0.1, -0.05) is 12.1 Å². The molecule has 0 aliphatic carbocycles. The molecule has 162 valence electrons. The minimum absolute atomic E-state index is 0.000618. The number of hydrogen-bond donors (Lipinski definition) is 1. The Morgan fingerprint density at radius 3 is 2.35 bits per heavy atom. The third-order valence-corrected chi connectivity index (χ3v) is 6.93. The van der Waals surface area contributed by atoms with Crippen molar-refractivity contribution in [1.29, 1.82) is 0 Å². The Morgan fingerprint density at radius 1 is 0.935 bits per heavy atom. The molecule has 7 heteroatoms. The second-order valence-corrected chi connectivity index (χ2v) is 8.73. The van der Waals surface area contributed by atoms with Crippen molar-refractivity contribution in [3.8, 4) is 0 Å². The number of nitrogens with zero attached hydrogens (tertiary/aromatic N) is 4. The summed E-state index contributed by atoms with van der Waals surface area (Å²) in [5.41, 5.74) is 2.95. The molecule has 2 aliphatic rings. The molecule has 1 aromatic carbocycles. The number of likely N-dealkylation sites (tertiary alicyclic amines) is 2. The number of amides is 1. The number of aromatic nitrogens is 3. The van der Waals surface area contributed by atoms with E-state index >= 15 is 0 Å². The van der Waals surface area contributed by atoms with Gasteiger partial charge in [0, 0.05) is 50.7 Å². The fourth-order valence-corrected chi connectivity index (χ4v) is 5.21. The molecule has 2 saturated heterocycles. The minimum Gasteiger partial charge on any atom is -0.342 e. The monoisotopic (exact) mass is 419 g/mol. The standard InChI is InChI=1S/C24H29N5O2/c30-23(17-18-5-11-25-12-6-18)28-15-7-19(8-16-28)27-13-9-20(10-14-27)29-22-4-2-1-3-21(22)26-24(29)31/h1-6,11-12,19-20H,7-10,13-17H2,(H,26,31). The maximum Gasteiger partial charge on any atom is 0.326 e. The minimum atomic E-state index is 0.000618. The first-order valence-corrected chi connectivity index (χ1v) is 11.3. The average molecular weight is 420 g/mol. The largest absolute Gasteiger partial charge is 0.342 e. The van der Waals surface area contributed by atoms with Crippen LogP contribution in [0, 0.1) is 0 Å². The molecular formula is C24H29N5O2. The van der Waals surface area contributed by atoms with E-state index in [1.54, 1.807) is 12.4 Å². The van der Waals surface area contributed by atoms with Gasteiger partial charge in [0.25, 0.3) is 0 Å². The zero-order valence-electron chi connectivity index (χ0n) is 17.7. The topological polar surface area (TPSA) is 74.2 Å². The van der Waals surface area contributed by atoms with E-state index in [9.17, 15) is 9.59 Å². The third-order valence-electron chi connectivity index (χ3n) is 6.93. The molecule has 1 N–H and O–H groups in total. The summed E-state index contributed by atoms with van der Waals surface area (Å²) in [7, 11) is 0. The number of hydrogen-bond acceptors (Lipinski definition) is 4. The second kappa shape index (κ2) is 8.67. The summed E-state index contributed by atoms with van der Waals surface area (Å²) in [6.45, 7) is 3.67. The number of rotatable bonds is 4. The Hall–Kier alpha value is -2.93. The Kier molecular flexibility index (Phi) is 5.59. The van der Waals surface area contributed by atoms with Gasteiger partial charge in [-0.2, -0.15) is 0 Å². The summed E-state index contributed by atoms with van der Waals surface area (Å²) in [6.07, 6.45) is 7.97. The highest BCUT2D eigenvalue weighted by molar-refractivity contribution is 5.78. The van der Waals surface area contributed by atoms with Crippen LogP contribution in [0.5, 0.6) is 0 Å². The van der Waals surface area contributed by atoms with Gasteiger partial charge in [-0.15, -0.1) is 0 Å². The fourth-order valence-electron chi connectivity index (χ4n) is 5.21. The van der Waals surface area contributed by atoms with Gasteiger partial charge >= 0.3 is 5.69 Å². The van der Waals surface area contributed by atoms with Gasteiger partial charge in [0.2, 0.25) is 5.91 Å². The Labute approximate surface area is 181 Å². The number of H-pyrrole nitrogens is 1. The van der Waals surface area contributed by atoms with E-state index in [2.05, 4.69) is 14.9 Å². The van der Waals surface area contributed by atoms with Crippen LogP contribution < -0.4 is 5.69 Å². The molecule has 0 radical (unpaired) electrons. The van der Waals surface area contributed by atoms with Crippen molar-refractivity contribution < 1.29 is 4.79 Å². The maximum atomic E-state index is 12.6. The van der Waals surface area contributed by atoms with Crippen LogP contribution in [-0.4, -0.2) is 62.5 Å². The normalized spacial score (nSPS) is 19.2. The number of aromatic amines is 1. The molecular weight excluding hydrogens is 390 g/mol. The number of fused-ring (bicyclic) bond motifs is 1. The van der Waals surface area contributed by atoms with Crippen LogP contribution in [0.25, 0.3) is 11.0 Å². The predicted octanol–water partition coefficient (Wildman–Crippen LogP) is 2.60. The quantitative estimate of drug-likeness (QED) is 0.705. The Balaban J connectivity index is 1.15. The van der Waals surface area contributed by atoms with Crippen molar-refractivity contribution in [3.05, 3.63) is 64.8 Å². The first-order chi connectivity index (χ1) is 15.2. The summed E-state index contributed by atoms with van der Waals surface area (Å²) in [4.78, 5) is 36.7. The highest BCUT2D eigenvalue weighted by atomic mass is 16.2. The number of nitrogens with one attached hydrogen (secondary N) is 1. The lowest BCUT2D eigenvalue weighted by Crippen LogP contribution is -2.49. The Morgan fingerprint density at radius 2 is 1.61 bits per heavy atom. The highest BCUT2D eigenvalue weighted by Crippen LogP contribution is 2.28. The molecule has 0 atom stereocenters. The smallest absolute Gasteiger partial charge is 0.326 e. The molecule has 7 nitrogen and oxygen atoms in total. The summed E-state index contributed by atoms with van der Waals surface area (Å²) >= 11 is 0. The van der Waals surface area contributed by atoms with Gasteiger partial charge in [-0.3, -0.25) is 14.3 Å². The van der Waals surface area contributed by atoms with Crippen LogP contribution in [0.2, 0.25) is 0 Å². The number of pyridine rings is 1. The third kappa shape index (κ3) is 4.14. The zero-order chi connectivity index (χ0) is 21.2. The molecule has 4 heterocycles. The lowest BCUT2D eigenvalue weighted by atomic mass is 9.97. The van der Waals surface area contributed by atoms with E-state index in [0.717, 1.165) is 68.5 Å². The van der Waals surface area contributed by atoms with Gasteiger partial charge in [0.05, 0.1) is 17.5 Å².